The molecule has 0 spiro atoms. The smallest absolute Gasteiger partial charge is 0.313 e. The minimum atomic E-state index is -1.49. The van der Waals surface area contributed by atoms with Crippen molar-refractivity contribution in [3.63, 3.8) is 0 Å². The van der Waals surface area contributed by atoms with E-state index in [4.69, 9.17) is 5.11 Å². The Morgan fingerprint density at radius 1 is 1.32 bits per heavy atom. The van der Waals surface area contributed by atoms with Gasteiger partial charge in [-0.15, -0.1) is 10.2 Å². The van der Waals surface area contributed by atoms with Gasteiger partial charge in [0.15, 0.2) is 17.2 Å². The average Bonchev–Trinajstić information content (AvgIpc) is 2.97. The monoisotopic (exact) mass is 363 g/mol. The quantitative estimate of drug-likeness (QED) is 0.692. The molecule has 1 atom stereocenters. The summed E-state index contributed by atoms with van der Waals surface area (Å²) in [6.45, 7) is 3.07. The SMILES string of the molecule is Cc1cc(F)c(-n2c(SCC(=O)O)nnc2C(C)F)c2ccccc12. The molecular formula is C17H15F2N3O2S. The molecule has 130 valence electrons. The number of nitrogens with zero attached hydrogens (tertiary/aromatic N) is 3. The molecule has 2 aromatic carbocycles. The fourth-order valence-electron chi connectivity index (χ4n) is 2.69. The lowest BCUT2D eigenvalue weighted by Crippen LogP contribution is -2.08. The Kier molecular flexibility index (Phi) is 4.71. The van der Waals surface area contributed by atoms with Crippen LogP contribution in [0.1, 0.15) is 24.5 Å². The number of alkyl halides is 1. The summed E-state index contributed by atoms with van der Waals surface area (Å²) >= 11 is 0.866. The molecule has 5 nitrogen and oxygen atoms in total. The second kappa shape index (κ2) is 6.79. The molecule has 8 heteroatoms. The van der Waals surface area contributed by atoms with E-state index in [1.807, 2.05) is 12.1 Å². The molecule has 0 fully saturated rings. The minimum absolute atomic E-state index is 0.0687. The Morgan fingerprint density at radius 3 is 2.64 bits per heavy atom. The maximum atomic E-state index is 14.8. The molecule has 0 saturated heterocycles. The van der Waals surface area contributed by atoms with Crippen molar-refractivity contribution in [3.8, 4) is 5.69 Å². The first kappa shape index (κ1) is 17.3. The van der Waals surface area contributed by atoms with Gasteiger partial charge in [-0.3, -0.25) is 9.36 Å². The summed E-state index contributed by atoms with van der Waals surface area (Å²) in [7, 11) is 0. The molecule has 0 aliphatic heterocycles. The van der Waals surface area contributed by atoms with Crippen LogP contribution in [0.2, 0.25) is 0 Å². The van der Waals surface area contributed by atoms with Crippen molar-refractivity contribution in [2.75, 3.05) is 5.75 Å². The number of carbonyl (C=O) groups is 1. The lowest BCUT2D eigenvalue weighted by molar-refractivity contribution is -0.133. The molecule has 0 aliphatic rings. The molecule has 3 aromatic rings. The Bertz CT molecular complexity index is 956. The number of aliphatic carboxylic acids is 1. The first-order chi connectivity index (χ1) is 11.9. The van der Waals surface area contributed by atoms with Crippen molar-refractivity contribution in [3.05, 3.63) is 47.5 Å². The molecule has 3 rings (SSSR count). The van der Waals surface area contributed by atoms with Crippen LogP contribution in [0.15, 0.2) is 35.5 Å². The topological polar surface area (TPSA) is 68.0 Å². The summed E-state index contributed by atoms with van der Waals surface area (Å²) < 4.78 is 30.1. The van der Waals surface area contributed by atoms with E-state index >= 15 is 0 Å². The molecule has 25 heavy (non-hydrogen) atoms. The Morgan fingerprint density at radius 2 is 2.00 bits per heavy atom. The fourth-order valence-corrected chi connectivity index (χ4v) is 3.36. The predicted molar refractivity (Wildman–Crippen MR) is 91.4 cm³/mol. The van der Waals surface area contributed by atoms with E-state index in [0.29, 0.717) is 5.39 Å². The molecule has 0 aliphatic carbocycles. The van der Waals surface area contributed by atoms with Crippen LogP contribution in [0.25, 0.3) is 16.5 Å². The average molecular weight is 363 g/mol. The van der Waals surface area contributed by atoms with Gasteiger partial charge < -0.3 is 5.11 Å². The van der Waals surface area contributed by atoms with Gasteiger partial charge in [0.1, 0.15) is 5.82 Å². The van der Waals surface area contributed by atoms with Crippen molar-refractivity contribution in [2.45, 2.75) is 25.2 Å². The van der Waals surface area contributed by atoms with Crippen molar-refractivity contribution >= 4 is 28.5 Å². The number of hydrogen-bond acceptors (Lipinski definition) is 4. The molecule has 0 amide bonds. The summed E-state index contributed by atoms with van der Waals surface area (Å²) in [5.41, 5.74) is 0.873. The Hall–Kier alpha value is -2.48. The number of halogens is 2. The molecule has 0 bridgehead atoms. The van der Waals surface area contributed by atoms with Crippen LogP contribution in [0.3, 0.4) is 0 Å². The number of carboxylic acid groups (broad SMARTS) is 1. The highest BCUT2D eigenvalue weighted by Gasteiger charge is 2.24. The van der Waals surface area contributed by atoms with Gasteiger partial charge in [0.25, 0.3) is 0 Å². The van der Waals surface area contributed by atoms with E-state index in [2.05, 4.69) is 10.2 Å². The van der Waals surface area contributed by atoms with Crippen LogP contribution < -0.4 is 0 Å². The van der Waals surface area contributed by atoms with Crippen LogP contribution in [0.4, 0.5) is 8.78 Å². The van der Waals surface area contributed by atoms with Crippen molar-refractivity contribution in [2.24, 2.45) is 0 Å². The Labute approximate surface area is 146 Å². The second-order valence-electron chi connectivity index (χ2n) is 5.54. The van der Waals surface area contributed by atoms with Gasteiger partial charge in [0, 0.05) is 5.39 Å². The van der Waals surface area contributed by atoms with E-state index < -0.39 is 18.0 Å². The number of aryl methyl sites for hydroxylation is 1. The van der Waals surface area contributed by atoms with Gasteiger partial charge in [-0.05, 0) is 30.9 Å². The zero-order valence-electron chi connectivity index (χ0n) is 13.5. The van der Waals surface area contributed by atoms with E-state index in [1.54, 1.807) is 19.1 Å². The van der Waals surface area contributed by atoms with Crippen molar-refractivity contribution in [1.29, 1.82) is 0 Å². The van der Waals surface area contributed by atoms with Crippen LogP contribution >= 0.6 is 11.8 Å². The standard InChI is InChI=1S/C17H15F2N3O2S/c1-9-7-13(19)15(12-6-4-3-5-11(9)12)22-16(10(2)18)20-21-17(22)25-8-14(23)24/h3-7,10H,8H2,1-2H3,(H,23,24). The number of thioether (sulfide) groups is 1. The van der Waals surface area contributed by atoms with E-state index in [9.17, 15) is 13.6 Å². The minimum Gasteiger partial charge on any atom is -0.481 e. The summed E-state index contributed by atoms with van der Waals surface area (Å²) in [5.74, 6) is -1.95. The number of fused-ring (bicyclic) bond motifs is 1. The number of carboxylic acids is 1. The summed E-state index contributed by atoms with van der Waals surface area (Å²) in [6, 6.07) is 8.55. The third kappa shape index (κ3) is 3.21. The van der Waals surface area contributed by atoms with Crippen LogP contribution in [-0.4, -0.2) is 31.6 Å². The number of hydrogen-bond donors (Lipinski definition) is 1. The van der Waals surface area contributed by atoms with E-state index in [-0.39, 0.29) is 22.4 Å². The lowest BCUT2D eigenvalue weighted by atomic mass is 10.0. The molecule has 1 unspecified atom stereocenters. The van der Waals surface area contributed by atoms with E-state index in [0.717, 1.165) is 22.7 Å². The first-order valence-electron chi connectivity index (χ1n) is 7.52. The maximum Gasteiger partial charge on any atom is 0.313 e. The van der Waals surface area contributed by atoms with Gasteiger partial charge in [-0.1, -0.05) is 36.0 Å². The molecular weight excluding hydrogens is 348 g/mol. The predicted octanol–water partition coefficient (Wildman–Crippen LogP) is 4.08. The number of benzene rings is 2. The third-order valence-corrected chi connectivity index (χ3v) is 4.65. The normalized spacial score (nSPS) is 12.5. The lowest BCUT2D eigenvalue weighted by Gasteiger charge is -2.15. The van der Waals surface area contributed by atoms with Gasteiger partial charge in [0.05, 0.1) is 11.4 Å². The van der Waals surface area contributed by atoms with Gasteiger partial charge in [-0.2, -0.15) is 0 Å². The molecule has 0 saturated carbocycles. The molecule has 1 N–H and O–H groups in total. The van der Waals surface area contributed by atoms with E-state index in [1.165, 1.54) is 17.6 Å². The number of rotatable bonds is 5. The molecule has 1 aromatic heterocycles. The fraction of sp³-hybridized carbons (Fsp3) is 0.235. The zero-order chi connectivity index (χ0) is 18.1. The van der Waals surface area contributed by atoms with Gasteiger partial charge in [-0.25, -0.2) is 8.78 Å². The zero-order valence-corrected chi connectivity index (χ0v) is 14.3. The highest BCUT2D eigenvalue weighted by molar-refractivity contribution is 7.99. The van der Waals surface area contributed by atoms with Crippen molar-refractivity contribution in [1.82, 2.24) is 14.8 Å². The van der Waals surface area contributed by atoms with Crippen LogP contribution in [0.5, 0.6) is 0 Å². The second-order valence-corrected chi connectivity index (χ2v) is 6.49. The highest BCUT2D eigenvalue weighted by Crippen LogP contribution is 2.33. The first-order valence-corrected chi connectivity index (χ1v) is 8.51. The van der Waals surface area contributed by atoms with Gasteiger partial charge >= 0.3 is 5.97 Å². The van der Waals surface area contributed by atoms with Crippen molar-refractivity contribution < 1.29 is 18.7 Å². The molecule has 0 radical (unpaired) electrons. The number of aromatic nitrogens is 3. The highest BCUT2D eigenvalue weighted by atomic mass is 32.2. The third-order valence-electron chi connectivity index (χ3n) is 3.74. The molecule has 1 heterocycles. The summed E-state index contributed by atoms with van der Waals surface area (Å²) in [6.07, 6.45) is -1.49. The van der Waals surface area contributed by atoms with Crippen LogP contribution in [0, 0.1) is 12.7 Å². The van der Waals surface area contributed by atoms with Crippen LogP contribution in [-0.2, 0) is 4.79 Å². The largest absolute Gasteiger partial charge is 0.481 e. The maximum absolute atomic E-state index is 14.8. The Balaban J connectivity index is 2.30. The summed E-state index contributed by atoms with van der Waals surface area (Å²) in [4.78, 5) is 10.9. The summed E-state index contributed by atoms with van der Waals surface area (Å²) in [5, 5.41) is 18.1. The van der Waals surface area contributed by atoms with Gasteiger partial charge in [0.2, 0.25) is 0 Å².